The largest absolute Gasteiger partial charge is 0.454 e. The van der Waals surface area contributed by atoms with E-state index in [1.165, 1.54) is 0 Å². The molecule has 0 spiro atoms. The minimum absolute atomic E-state index is 0.0169. The van der Waals surface area contributed by atoms with Crippen LogP contribution in [0.2, 0.25) is 0 Å². The Labute approximate surface area is 133 Å². The van der Waals surface area contributed by atoms with Crippen LogP contribution in [0.4, 0.5) is 5.82 Å². The highest BCUT2D eigenvalue weighted by molar-refractivity contribution is 5.95. The highest BCUT2D eigenvalue weighted by Crippen LogP contribution is 2.33. The average Bonchev–Trinajstić information content (AvgIpc) is 3.07. The van der Waals surface area contributed by atoms with Gasteiger partial charge in [0, 0.05) is 32.1 Å². The zero-order valence-electron chi connectivity index (χ0n) is 12.7. The molecule has 1 amide bonds. The second-order valence-electron chi connectivity index (χ2n) is 5.50. The maximum atomic E-state index is 12.7. The Morgan fingerprint density at radius 1 is 1.22 bits per heavy atom. The van der Waals surface area contributed by atoms with E-state index in [4.69, 9.17) is 9.47 Å². The molecule has 0 fully saturated rings. The van der Waals surface area contributed by atoms with Crippen LogP contribution in [0, 0.1) is 0 Å². The number of aromatic nitrogens is 2. The lowest BCUT2D eigenvalue weighted by Gasteiger charge is -2.28. The van der Waals surface area contributed by atoms with Gasteiger partial charge in [0.2, 0.25) is 6.79 Å². The second kappa shape index (κ2) is 5.42. The van der Waals surface area contributed by atoms with E-state index in [1.54, 1.807) is 25.2 Å². The number of fused-ring (bicyclic) bond motifs is 2. The molecule has 7 heteroatoms. The van der Waals surface area contributed by atoms with Crippen molar-refractivity contribution in [2.75, 3.05) is 25.7 Å². The Bertz CT molecular complexity index is 778. The lowest BCUT2D eigenvalue weighted by Crippen LogP contribution is -2.36. The van der Waals surface area contributed by atoms with Gasteiger partial charge in [0.25, 0.3) is 5.91 Å². The smallest absolute Gasteiger partial charge is 0.254 e. The van der Waals surface area contributed by atoms with Crippen LogP contribution in [0.5, 0.6) is 11.5 Å². The van der Waals surface area contributed by atoms with E-state index in [0.717, 1.165) is 11.3 Å². The molecule has 0 saturated carbocycles. The predicted octanol–water partition coefficient (Wildman–Crippen LogP) is 1.45. The third kappa shape index (κ3) is 2.44. The first-order chi connectivity index (χ1) is 11.2. The van der Waals surface area contributed by atoms with Gasteiger partial charge in [0.1, 0.15) is 5.82 Å². The maximum Gasteiger partial charge on any atom is 0.254 e. The fourth-order valence-corrected chi connectivity index (χ4v) is 2.84. The van der Waals surface area contributed by atoms with Crippen molar-refractivity contribution in [2.45, 2.75) is 13.0 Å². The van der Waals surface area contributed by atoms with Gasteiger partial charge in [0.15, 0.2) is 11.5 Å². The zero-order valence-corrected chi connectivity index (χ0v) is 12.7. The van der Waals surface area contributed by atoms with Crippen molar-refractivity contribution >= 4 is 11.7 Å². The molecule has 0 atom stereocenters. The number of benzene rings is 1. The summed E-state index contributed by atoms with van der Waals surface area (Å²) < 4.78 is 10.6. The molecule has 4 rings (SSSR count). The molecule has 0 radical (unpaired) electrons. The Hall–Kier alpha value is -2.83. The van der Waals surface area contributed by atoms with Crippen LogP contribution in [0.25, 0.3) is 0 Å². The van der Waals surface area contributed by atoms with Gasteiger partial charge in [-0.2, -0.15) is 5.10 Å². The van der Waals surface area contributed by atoms with E-state index >= 15 is 0 Å². The Morgan fingerprint density at radius 2 is 2.09 bits per heavy atom. The molecule has 2 aliphatic rings. The topological polar surface area (TPSA) is 76.6 Å². The molecule has 0 unspecified atom stereocenters. The van der Waals surface area contributed by atoms with E-state index in [-0.39, 0.29) is 12.7 Å². The van der Waals surface area contributed by atoms with Crippen molar-refractivity contribution in [2.24, 2.45) is 0 Å². The molecule has 118 valence electrons. The van der Waals surface area contributed by atoms with Crippen molar-refractivity contribution in [3.05, 3.63) is 41.1 Å². The number of ether oxygens (including phenoxy) is 2. The van der Waals surface area contributed by atoms with Gasteiger partial charge in [-0.15, -0.1) is 5.10 Å². The molecule has 0 saturated heterocycles. The summed E-state index contributed by atoms with van der Waals surface area (Å²) in [7, 11) is 1.80. The van der Waals surface area contributed by atoms with Crippen LogP contribution < -0.4 is 14.8 Å². The molecule has 1 aromatic carbocycles. The molecule has 0 bridgehead atoms. The lowest BCUT2D eigenvalue weighted by atomic mass is 10.0. The van der Waals surface area contributed by atoms with E-state index in [9.17, 15) is 4.79 Å². The molecule has 1 N–H and O–H groups in total. The monoisotopic (exact) mass is 312 g/mol. The number of carbonyl (C=O) groups is 1. The highest BCUT2D eigenvalue weighted by Gasteiger charge is 2.25. The summed E-state index contributed by atoms with van der Waals surface area (Å²) in [5.74, 6) is 1.99. The third-order valence-electron chi connectivity index (χ3n) is 4.10. The molecule has 7 nitrogen and oxygen atoms in total. The van der Waals surface area contributed by atoms with E-state index in [0.29, 0.717) is 42.4 Å². The van der Waals surface area contributed by atoms with Gasteiger partial charge in [-0.3, -0.25) is 4.79 Å². The van der Waals surface area contributed by atoms with E-state index in [1.807, 2.05) is 11.0 Å². The van der Waals surface area contributed by atoms with Gasteiger partial charge in [0.05, 0.1) is 5.69 Å². The van der Waals surface area contributed by atoms with Crippen LogP contribution >= 0.6 is 0 Å². The first-order valence-electron chi connectivity index (χ1n) is 7.47. The summed E-state index contributed by atoms with van der Waals surface area (Å²) in [5.41, 5.74) is 2.59. The van der Waals surface area contributed by atoms with Gasteiger partial charge < -0.3 is 19.7 Å². The van der Waals surface area contributed by atoms with Crippen LogP contribution in [0.3, 0.4) is 0 Å². The normalized spacial score (nSPS) is 15.3. The highest BCUT2D eigenvalue weighted by atomic mass is 16.7. The molecule has 0 aliphatic carbocycles. The Balaban J connectivity index is 1.57. The number of rotatable bonds is 2. The Kier molecular flexibility index (Phi) is 3.25. The molecule has 1 aromatic heterocycles. The molecule has 3 heterocycles. The summed E-state index contributed by atoms with van der Waals surface area (Å²) >= 11 is 0. The second-order valence-corrected chi connectivity index (χ2v) is 5.50. The molecular weight excluding hydrogens is 296 g/mol. The van der Waals surface area contributed by atoms with Gasteiger partial charge in [-0.05, 0) is 29.8 Å². The standard InChI is InChI=1S/C16H16N4O3/c1-17-15-7-11-8-20(5-4-12(11)18-19-15)16(21)10-2-3-13-14(6-10)23-9-22-13/h2-3,6-7H,4-5,8-9H2,1H3,(H,17,19). The van der Waals surface area contributed by atoms with Crippen LogP contribution in [-0.2, 0) is 13.0 Å². The number of anilines is 1. The van der Waals surface area contributed by atoms with Crippen molar-refractivity contribution in [1.29, 1.82) is 0 Å². The number of nitrogens with one attached hydrogen (secondary N) is 1. The van der Waals surface area contributed by atoms with E-state index in [2.05, 4.69) is 15.5 Å². The Morgan fingerprint density at radius 3 is 2.96 bits per heavy atom. The predicted molar refractivity (Wildman–Crippen MR) is 82.6 cm³/mol. The minimum atomic E-state index is -0.0169. The molecule has 2 aromatic rings. The van der Waals surface area contributed by atoms with Crippen molar-refractivity contribution in [3.8, 4) is 11.5 Å². The number of hydrogen-bond donors (Lipinski definition) is 1. The summed E-state index contributed by atoms with van der Waals surface area (Å²) in [4.78, 5) is 14.6. The van der Waals surface area contributed by atoms with E-state index < -0.39 is 0 Å². The van der Waals surface area contributed by atoms with Crippen LogP contribution in [-0.4, -0.2) is 41.4 Å². The average molecular weight is 312 g/mol. The minimum Gasteiger partial charge on any atom is -0.454 e. The molecule has 23 heavy (non-hydrogen) atoms. The maximum absolute atomic E-state index is 12.7. The van der Waals surface area contributed by atoms with Gasteiger partial charge in [-0.1, -0.05) is 0 Å². The summed E-state index contributed by atoms with van der Waals surface area (Å²) in [6.45, 7) is 1.37. The van der Waals surface area contributed by atoms with Gasteiger partial charge >= 0.3 is 0 Å². The number of amides is 1. The summed E-state index contributed by atoms with van der Waals surface area (Å²) in [5, 5.41) is 11.3. The quantitative estimate of drug-likeness (QED) is 0.904. The number of nitrogens with zero attached hydrogens (tertiary/aromatic N) is 3. The molecular formula is C16H16N4O3. The van der Waals surface area contributed by atoms with Gasteiger partial charge in [-0.25, -0.2) is 0 Å². The number of carbonyl (C=O) groups excluding carboxylic acids is 1. The van der Waals surface area contributed by atoms with Crippen LogP contribution in [0.1, 0.15) is 21.6 Å². The van der Waals surface area contributed by atoms with Crippen molar-refractivity contribution in [3.63, 3.8) is 0 Å². The van der Waals surface area contributed by atoms with Crippen molar-refractivity contribution in [1.82, 2.24) is 15.1 Å². The lowest BCUT2D eigenvalue weighted by molar-refractivity contribution is 0.0732. The first-order valence-corrected chi connectivity index (χ1v) is 7.47. The fourth-order valence-electron chi connectivity index (χ4n) is 2.84. The summed E-state index contributed by atoms with van der Waals surface area (Å²) in [6, 6.07) is 7.23. The zero-order chi connectivity index (χ0) is 15.8. The molecule has 2 aliphatic heterocycles. The number of hydrogen-bond acceptors (Lipinski definition) is 6. The van der Waals surface area contributed by atoms with Crippen LogP contribution in [0.15, 0.2) is 24.3 Å². The fraction of sp³-hybridized carbons (Fsp3) is 0.312. The SMILES string of the molecule is CNc1cc2c(nn1)CCN(C(=O)c1ccc3c(c1)OCO3)C2. The summed E-state index contributed by atoms with van der Waals surface area (Å²) in [6.07, 6.45) is 0.711. The first kappa shape index (κ1) is 13.8. The van der Waals surface area contributed by atoms with Crippen molar-refractivity contribution < 1.29 is 14.3 Å². The third-order valence-corrected chi connectivity index (χ3v) is 4.10.